The maximum atomic E-state index is 8.89. The third-order valence-electron chi connectivity index (χ3n) is 4.55. The molecule has 0 radical (unpaired) electrons. The van der Waals surface area contributed by atoms with Crippen molar-refractivity contribution in [1.29, 1.82) is 0 Å². The third kappa shape index (κ3) is 2.59. The molecule has 25 heavy (non-hydrogen) atoms. The van der Waals surface area contributed by atoms with Gasteiger partial charge in [-0.2, -0.15) is 0 Å². The van der Waals surface area contributed by atoms with Crippen LogP contribution in [0.5, 0.6) is 0 Å². The van der Waals surface area contributed by atoms with Crippen LogP contribution >= 0.6 is 0 Å². The Morgan fingerprint density at radius 1 is 0.880 bits per heavy atom. The molecule has 4 nitrogen and oxygen atoms in total. The van der Waals surface area contributed by atoms with Crippen molar-refractivity contribution < 1.29 is 0 Å². The normalized spacial score (nSPS) is 12.0. The lowest BCUT2D eigenvalue weighted by Gasteiger charge is -2.16. The summed E-state index contributed by atoms with van der Waals surface area (Å²) in [7, 11) is 0. The summed E-state index contributed by atoms with van der Waals surface area (Å²) in [6.45, 7) is 1.92. The van der Waals surface area contributed by atoms with E-state index in [2.05, 4.69) is 40.4 Å². The largest absolute Gasteiger partial charge is 0.256 e. The van der Waals surface area contributed by atoms with Gasteiger partial charge >= 0.3 is 0 Å². The maximum Gasteiger partial charge on any atom is 0.0789 e. The van der Waals surface area contributed by atoms with Gasteiger partial charge in [-0.3, -0.25) is 4.98 Å². The fourth-order valence-corrected chi connectivity index (χ4v) is 3.36. The summed E-state index contributed by atoms with van der Waals surface area (Å²) in [5.41, 5.74) is 11.8. The van der Waals surface area contributed by atoms with Crippen LogP contribution in [0.15, 0.2) is 78.0 Å². The lowest BCUT2D eigenvalue weighted by molar-refractivity contribution is 0.811. The number of fused-ring (bicyclic) bond motifs is 2. The monoisotopic (exact) mass is 324 g/mol. The lowest BCUT2D eigenvalue weighted by atomic mass is 9.91. The summed E-state index contributed by atoms with van der Waals surface area (Å²) >= 11 is 0. The Morgan fingerprint density at radius 2 is 1.56 bits per heavy atom. The van der Waals surface area contributed by atoms with Crippen molar-refractivity contribution in [3.05, 3.63) is 88.9 Å². The average molecular weight is 324 g/mol. The topological polar surface area (TPSA) is 61.7 Å². The quantitative estimate of drug-likeness (QED) is 0.243. The van der Waals surface area contributed by atoms with Crippen molar-refractivity contribution in [2.24, 2.45) is 5.11 Å². The predicted octanol–water partition coefficient (Wildman–Crippen LogP) is 6.43. The van der Waals surface area contributed by atoms with Gasteiger partial charge in [0.25, 0.3) is 0 Å². The summed E-state index contributed by atoms with van der Waals surface area (Å²) in [6.07, 6.45) is 1.83. The van der Waals surface area contributed by atoms with Crippen LogP contribution in [0.1, 0.15) is 18.5 Å². The van der Waals surface area contributed by atoms with E-state index in [0.717, 1.165) is 38.4 Å². The van der Waals surface area contributed by atoms with Crippen LogP contribution in [-0.4, -0.2) is 4.98 Å². The van der Waals surface area contributed by atoms with Crippen molar-refractivity contribution in [2.75, 3.05) is 0 Å². The lowest BCUT2D eigenvalue weighted by Crippen LogP contribution is -1.97. The molecule has 0 N–H and O–H groups in total. The highest BCUT2D eigenvalue weighted by atomic mass is 15.1. The summed E-state index contributed by atoms with van der Waals surface area (Å²) in [4.78, 5) is 7.69. The molecule has 0 bridgehead atoms. The smallest absolute Gasteiger partial charge is 0.0789 e. The third-order valence-corrected chi connectivity index (χ3v) is 4.55. The van der Waals surface area contributed by atoms with Gasteiger partial charge in [0.15, 0.2) is 0 Å². The molecule has 0 amide bonds. The van der Waals surface area contributed by atoms with Crippen LogP contribution in [-0.2, 0) is 0 Å². The molecule has 0 aliphatic rings. The van der Waals surface area contributed by atoms with Crippen LogP contribution in [0, 0.1) is 0 Å². The number of hydrogen-bond acceptors (Lipinski definition) is 2. The van der Waals surface area contributed by atoms with Crippen molar-refractivity contribution in [2.45, 2.75) is 13.0 Å². The van der Waals surface area contributed by atoms with E-state index < -0.39 is 0 Å². The maximum absolute atomic E-state index is 8.89. The number of pyridine rings is 1. The van der Waals surface area contributed by atoms with Crippen LogP contribution in [0.2, 0.25) is 0 Å². The molecule has 4 rings (SSSR count). The first kappa shape index (κ1) is 15.2. The van der Waals surface area contributed by atoms with Gasteiger partial charge in [-0.05, 0) is 33.3 Å². The summed E-state index contributed by atoms with van der Waals surface area (Å²) in [5.74, 6) is 0. The fraction of sp³-hybridized carbons (Fsp3) is 0.0952. The minimum absolute atomic E-state index is 0.273. The summed E-state index contributed by atoms with van der Waals surface area (Å²) < 4.78 is 0. The molecule has 0 unspecified atom stereocenters. The number of hydrogen-bond donors (Lipinski definition) is 0. The van der Waals surface area contributed by atoms with Crippen LogP contribution in [0.4, 0.5) is 0 Å². The molecule has 0 aliphatic carbocycles. The molecule has 0 spiro atoms. The zero-order chi connectivity index (χ0) is 17.2. The predicted molar refractivity (Wildman–Crippen MR) is 102 cm³/mol. The van der Waals surface area contributed by atoms with Gasteiger partial charge < -0.3 is 0 Å². The Kier molecular flexibility index (Phi) is 3.81. The van der Waals surface area contributed by atoms with E-state index in [1.54, 1.807) is 0 Å². The fourth-order valence-electron chi connectivity index (χ4n) is 3.36. The van der Waals surface area contributed by atoms with Crippen LogP contribution < -0.4 is 0 Å². The molecule has 4 heteroatoms. The molecule has 1 aromatic heterocycles. The SMILES string of the molecule is C[C@H](N=[N+]=[N-])c1ccc2ccccc2c1-c1nccc2ccccc12. The number of benzene rings is 3. The van der Waals surface area contributed by atoms with Gasteiger partial charge in [0.1, 0.15) is 0 Å². The van der Waals surface area contributed by atoms with E-state index in [9.17, 15) is 0 Å². The standard InChI is InChI=1S/C21H16N4/c1-14(24-25-22)17-11-10-15-6-2-4-8-18(15)20(17)21-19-9-5-3-7-16(19)12-13-23-21/h2-14H,1H3/t14-/m0/s1. The molecule has 4 aromatic rings. The zero-order valence-electron chi connectivity index (χ0n) is 13.8. The van der Waals surface area contributed by atoms with E-state index >= 15 is 0 Å². The first-order valence-electron chi connectivity index (χ1n) is 8.19. The molecule has 0 fully saturated rings. The first-order valence-corrected chi connectivity index (χ1v) is 8.19. The minimum Gasteiger partial charge on any atom is -0.256 e. The van der Waals surface area contributed by atoms with Gasteiger partial charge in [-0.15, -0.1) is 0 Å². The number of rotatable bonds is 3. The van der Waals surface area contributed by atoms with Crippen molar-refractivity contribution >= 4 is 21.5 Å². The van der Waals surface area contributed by atoms with E-state index in [-0.39, 0.29) is 6.04 Å². The van der Waals surface area contributed by atoms with Gasteiger partial charge in [0.2, 0.25) is 0 Å². The second-order valence-corrected chi connectivity index (χ2v) is 6.01. The van der Waals surface area contributed by atoms with E-state index in [4.69, 9.17) is 10.5 Å². The Bertz CT molecular complexity index is 1120. The molecule has 120 valence electrons. The first-order chi connectivity index (χ1) is 12.3. The Morgan fingerprint density at radius 3 is 2.32 bits per heavy atom. The van der Waals surface area contributed by atoms with Crippen molar-refractivity contribution in [3.63, 3.8) is 0 Å². The van der Waals surface area contributed by atoms with Crippen LogP contribution in [0.25, 0.3) is 43.2 Å². The molecule has 0 aliphatic heterocycles. The number of azide groups is 1. The molecular weight excluding hydrogens is 308 g/mol. The summed E-state index contributed by atoms with van der Waals surface area (Å²) in [5, 5.41) is 8.41. The molecule has 1 atom stereocenters. The molecule has 3 aromatic carbocycles. The highest BCUT2D eigenvalue weighted by molar-refractivity contribution is 6.05. The van der Waals surface area contributed by atoms with Crippen LogP contribution in [0.3, 0.4) is 0 Å². The van der Waals surface area contributed by atoms with Crippen molar-refractivity contribution in [1.82, 2.24) is 4.98 Å². The van der Waals surface area contributed by atoms with Crippen molar-refractivity contribution in [3.8, 4) is 11.3 Å². The Hall–Kier alpha value is -3.36. The van der Waals surface area contributed by atoms with Gasteiger partial charge in [0.05, 0.1) is 11.7 Å². The minimum atomic E-state index is -0.273. The van der Waals surface area contributed by atoms with Gasteiger partial charge in [-0.25, -0.2) is 0 Å². The highest BCUT2D eigenvalue weighted by Crippen LogP contribution is 2.38. The van der Waals surface area contributed by atoms with E-state index in [1.807, 2.05) is 49.5 Å². The van der Waals surface area contributed by atoms with Gasteiger partial charge in [0, 0.05) is 22.1 Å². The molecule has 0 saturated heterocycles. The molecular formula is C21H16N4. The van der Waals surface area contributed by atoms with E-state index in [1.165, 1.54) is 0 Å². The zero-order valence-corrected chi connectivity index (χ0v) is 13.8. The second-order valence-electron chi connectivity index (χ2n) is 6.01. The summed E-state index contributed by atoms with van der Waals surface area (Å²) in [6, 6.07) is 22.3. The van der Waals surface area contributed by atoms with Gasteiger partial charge in [-0.1, -0.05) is 72.7 Å². The number of aromatic nitrogens is 1. The number of nitrogens with zero attached hydrogens (tertiary/aromatic N) is 4. The second kappa shape index (κ2) is 6.27. The molecule has 1 heterocycles. The Balaban J connectivity index is 2.14. The average Bonchev–Trinajstić information content (AvgIpc) is 2.67. The molecule has 0 saturated carbocycles. The van der Waals surface area contributed by atoms with E-state index in [0.29, 0.717) is 0 Å². The Labute approximate surface area is 145 Å². The highest BCUT2D eigenvalue weighted by Gasteiger charge is 2.17.